The summed E-state index contributed by atoms with van der Waals surface area (Å²) < 4.78 is 0.146. The summed E-state index contributed by atoms with van der Waals surface area (Å²) in [6, 6.07) is 10.3. The quantitative estimate of drug-likeness (QED) is 0.182. The minimum Gasteiger partial charge on any atom is -0.508 e. The van der Waals surface area contributed by atoms with Crippen molar-refractivity contribution in [1.82, 2.24) is 0 Å². The third kappa shape index (κ3) is 3.73. The second-order valence-electron chi connectivity index (χ2n) is 10.2. The van der Waals surface area contributed by atoms with E-state index in [-0.39, 0.29) is 46.0 Å². The summed E-state index contributed by atoms with van der Waals surface area (Å²) in [6.07, 6.45) is 3.60. The number of carbonyl (C=O) groups excluding carboxylic acids is 4. The average Bonchev–Trinajstić information content (AvgIpc) is 3.17. The highest BCUT2D eigenvalue weighted by molar-refractivity contribution is 9.12. The Kier molecular flexibility index (Phi) is 5.76. The van der Waals surface area contributed by atoms with Crippen LogP contribution in [0.1, 0.15) is 29.9 Å². The van der Waals surface area contributed by atoms with E-state index in [1.54, 1.807) is 25.1 Å². The number of Topliss-reactive ketones (excluding diaryl/α,β-unsaturated/α-hetero) is 1. The number of allylic oxidation sites excluding steroid dienone is 6. The summed E-state index contributed by atoms with van der Waals surface area (Å²) in [6.45, 7) is 1.74. The van der Waals surface area contributed by atoms with Gasteiger partial charge in [-0.1, -0.05) is 23.8 Å². The van der Waals surface area contributed by atoms with E-state index in [4.69, 9.17) is 0 Å². The molecule has 0 saturated carbocycles. The van der Waals surface area contributed by atoms with Gasteiger partial charge in [0.25, 0.3) is 5.69 Å². The van der Waals surface area contributed by atoms with E-state index in [9.17, 15) is 34.4 Å². The van der Waals surface area contributed by atoms with Crippen LogP contribution < -0.4 is 4.90 Å². The van der Waals surface area contributed by atoms with Gasteiger partial charge in [-0.3, -0.25) is 34.2 Å². The Labute approximate surface area is 230 Å². The van der Waals surface area contributed by atoms with E-state index < -0.39 is 40.4 Å². The number of phenolic OH excluding ortho intramolecular Hbond substituents is 1. The molecule has 1 N–H and O–H groups in total. The predicted molar refractivity (Wildman–Crippen MR) is 143 cm³/mol. The van der Waals surface area contributed by atoms with Crippen molar-refractivity contribution in [1.29, 1.82) is 0 Å². The Morgan fingerprint density at radius 2 is 1.74 bits per heavy atom. The highest BCUT2D eigenvalue weighted by atomic mass is 79.9. The molecule has 0 spiro atoms. The SMILES string of the molecule is Cc1cc(C2C3=CCC4C(=O)N(c5ccc([N+](=O)[O-])cc5)C(=O)C4C3CC3=C2C(=O)C=C(Br)C3=O)ccc1O. The number of halogens is 1. The number of nitro benzene ring substituents is 1. The minimum atomic E-state index is -0.755. The van der Waals surface area contributed by atoms with Crippen LogP contribution in [0, 0.1) is 34.8 Å². The van der Waals surface area contributed by atoms with Crippen LogP contribution in [0.4, 0.5) is 11.4 Å². The van der Waals surface area contributed by atoms with E-state index in [0.29, 0.717) is 22.3 Å². The van der Waals surface area contributed by atoms with Crippen LogP contribution >= 0.6 is 15.9 Å². The number of fused-ring (bicyclic) bond motifs is 3. The molecule has 39 heavy (non-hydrogen) atoms. The lowest BCUT2D eigenvalue weighted by Gasteiger charge is -2.42. The first-order chi connectivity index (χ1) is 18.6. The highest BCUT2D eigenvalue weighted by Crippen LogP contribution is 2.55. The average molecular weight is 589 g/mol. The largest absolute Gasteiger partial charge is 0.508 e. The Morgan fingerprint density at radius 1 is 1.03 bits per heavy atom. The van der Waals surface area contributed by atoms with E-state index >= 15 is 0 Å². The van der Waals surface area contributed by atoms with Gasteiger partial charge in [0.05, 0.1) is 26.9 Å². The van der Waals surface area contributed by atoms with Gasteiger partial charge in [-0.05, 0) is 70.9 Å². The summed E-state index contributed by atoms with van der Waals surface area (Å²) in [5.74, 6) is -3.86. The highest BCUT2D eigenvalue weighted by Gasteiger charge is 2.56. The maximum atomic E-state index is 13.9. The topological polar surface area (TPSA) is 135 Å². The second-order valence-corrected chi connectivity index (χ2v) is 11.1. The Hall–Kier alpha value is -4.18. The Balaban J connectivity index is 1.46. The summed E-state index contributed by atoms with van der Waals surface area (Å²) in [7, 11) is 0. The molecule has 196 valence electrons. The normalized spacial score (nSPS) is 26.2. The molecule has 9 nitrogen and oxygen atoms in total. The minimum absolute atomic E-state index is 0.0991. The zero-order chi connectivity index (χ0) is 27.7. The predicted octanol–water partition coefficient (Wildman–Crippen LogP) is 4.58. The Morgan fingerprint density at radius 3 is 2.41 bits per heavy atom. The lowest BCUT2D eigenvalue weighted by molar-refractivity contribution is -0.384. The first-order valence-corrected chi connectivity index (χ1v) is 13.2. The molecule has 1 saturated heterocycles. The van der Waals surface area contributed by atoms with Crippen LogP contribution in [0.2, 0.25) is 0 Å². The number of amides is 2. The van der Waals surface area contributed by atoms with Gasteiger partial charge >= 0.3 is 0 Å². The number of nitrogens with zero attached hydrogens (tertiary/aromatic N) is 2. The fourth-order valence-corrected chi connectivity index (χ4v) is 6.87. The van der Waals surface area contributed by atoms with Gasteiger partial charge in [-0.2, -0.15) is 0 Å². The molecule has 1 fully saturated rings. The summed E-state index contributed by atoms with van der Waals surface area (Å²) in [5.41, 5.74) is 2.90. The maximum Gasteiger partial charge on any atom is 0.269 e. The number of non-ortho nitro benzene ring substituents is 1. The number of carbonyl (C=O) groups is 4. The van der Waals surface area contributed by atoms with Gasteiger partial charge in [0.2, 0.25) is 11.8 Å². The third-order valence-electron chi connectivity index (χ3n) is 8.20. The first kappa shape index (κ1) is 25.1. The number of aromatic hydroxyl groups is 1. The van der Waals surface area contributed by atoms with E-state index in [0.717, 1.165) is 10.5 Å². The number of benzene rings is 2. The zero-order valence-electron chi connectivity index (χ0n) is 20.6. The van der Waals surface area contributed by atoms with Crippen LogP contribution in [-0.2, 0) is 19.2 Å². The molecular weight excluding hydrogens is 568 g/mol. The van der Waals surface area contributed by atoms with Gasteiger partial charge in [0.15, 0.2) is 11.6 Å². The number of rotatable bonds is 3. The monoisotopic (exact) mass is 588 g/mol. The molecule has 0 aromatic heterocycles. The van der Waals surface area contributed by atoms with E-state index in [2.05, 4.69) is 15.9 Å². The van der Waals surface area contributed by atoms with E-state index in [1.165, 1.54) is 30.3 Å². The molecule has 4 aliphatic rings. The van der Waals surface area contributed by atoms with E-state index in [1.807, 2.05) is 6.08 Å². The maximum absolute atomic E-state index is 13.9. The molecule has 3 aliphatic carbocycles. The van der Waals surface area contributed by atoms with Crippen molar-refractivity contribution < 1.29 is 29.2 Å². The number of aryl methyl sites for hydroxylation is 1. The molecule has 0 radical (unpaired) electrons. The number of hydrogen-bond acceptors (Lipinski definition) is 7. The molecular formula is C29H21BrN2O7. The van der Waals surface area contributed by atoms with Crippen LogP contribution in [0.5, 0.6) is 5.75 Å². The molecule has 1 heterocycles. The van der Waals surface area contributed by atoms with Crippen molar-refractivity contribution in [2.24, 2.45) is 17.8 Å². The molecule has 4 atom stereocenters. The molecule has 2 amide bonds. The second kappa shape index (κ2) is 8.94. The number of anilines is 1. The van der Waals surface area contributed by atoms with Crippen molar-refractivity contribution in [2.75, 3.05) is 4.90 Å². The van der Waals surface area contributed by atoms with Crippen molar-refractivity contribution in [3.8, 4) is 5.75 Å². The number of imide groups is 1. The molecule has 1 aliphatic heterocycles. The number of ketones is 2. The summed E-state index contributed by atoms with van der Waals surface area (Å²) in [4.78, 5) is 65.5. The standard InChI is InChI=1S/C29H21BrN2O7/c1-13-10-14(2-9-22(13)33)24-17-7-8-18-25(19(17)11-20-26(24)23(34)12-21(30)27(20)35)29(37)31(28(18)36)15-3-5-16(6-4-15)32(38)39/h2-7,9-10,12,18-19,24-25,33H,8,11H2,1H3. The number of phenols is 1. The zero-order valence-corrected chi connectivity index (χ0v) is 22.2. The van der Waals surface area contributed by atoms with Crippen molar-refractivity contribution >= 4 is 50.7 Å². The van der Waals surface area contributed by atoms with Gasteiger partial charge < -0.3 is 5.11 Å². The smallest absolute Gasteiger partial charge is 0.269 e. The van der Waals surface area contributed by atoms with Gasteiger partial charge in [0, 0.05) is 35.3 Å². The van der Waals surface area contributed by atoms with Gasteiger partial charge in [-0.25, -0.2) is 0 Å². The van der Waals surface area contributed by atoms with Gasteiger partial charge in [0.1, 0.15) is 5.75 Å². The number of nitro groups is 1. The lowest BCUT2D eigenvalue weighted by atomic mass is 9.59. The van der Waals surface area contributed by atoms with Crippen molar-refractivity contribution in [3.05, 3.63) is 97.1 Å². The molecule has 4 unspecified atom stereocenters. The fraction of sp³-hybridized carbons (Fsp3) is 0.241. The molecule has 2 aromatic rings. The summed E-state index contributed by atoms with van der Waals surface area (Å²) in [5, 5.41) is 21.2. The number of hydrogen-bond donors (Lipinski definition) is 1. The molecule has 0 bridgehead atoms. The van der Waals surface area contributed by atoms with Crippen molar-refractivity contribution in [3.63, 3.8) is 0 Å². The van der Waals surface area contributed by atoms with Gasteiger partial charge in [-0.15, -0.1) is 0 Å². The van der Waals surface area contributed by atoms with Crippen LogP contribution in [0.15, 0.2) is 75.8 Å². The molecule has 6 rings (SSSR count). The van der Waals surface area contributed by atoms with Crippen LogP contribution in [0.3, 0.4) is 0 Å². The van der Waals surface area contributed by atoms with Crippen LogP contribution in [0.25, 0.3) is 0 Å². The molecule has 10 heteroatoms. The first-order valence-electron chi connectivity index (χ1n) is 12.4. The third-order valence-corrected chi connectivity index (χ3v) is 8.79. The van der Waals surface area contributed by atoms with Crippen molar-refractivity contribution in [2.45, 2.75) is 25.7 Å². The lowest BCUT2D eigenvalue weighted by Crippen LogP contribution is -2.39. The Bertz CT molecular complexity index is 1620. The fourth-order valence-electron chi connectivity index (χ4n) is 6.42. The summed E-state index contributed by atoms with van der Waals surface area (Å²) >= 11 is 3.21. The molecule has 2 aromatic carbocycles. The van der Waals surface area contributed by atoms with Crippen LogP contribution in [-0.4, -0.2) is 33.4 Å².